The summed E-state index contributed by atoms with van der Waals surface area (Å²) < 4.78 is 68.1. The van der Waals surface area contributed by atoms with E-state index in [0.717, 1.165) is 28.0 Å². The molecular weight excluding hydrogens is 528 g/mol. The van der Waals surface area contributed by atoms with Crippen LogP contribution in [0.15, 0.2) is 80.2 Å². The lowest BCUT2D eigenvalue weighted by atomic mass is 10.1. The molecule has 1 saturated heterocycles. The van der Waals surface area contributed by atoms with Crippen LogP contribution in [0.5, 0.6) is 0 Å². The summed E-state index contributed by atoms with van der Waals surface area (Å²) in [5.41, 5.74) is -0.0171. The minimum atomic E-state index is -4.45. The Morgan fingerprint density at radius 2 is 1.43 bits per heavy atom. The second kappa shape index (κ2) is 10.3. The van der Waals surface area contributed by atoms with E-state index < -0.39 is 62.6 Å². The lowest BCUT2D eigenvalue weighted by Crippen LogP contribution is -2.40. The van der Waals surface area contributed by atoms with Gasteiger partial charge >= 0.3 is 5.69 Å². The van der Waals surface area contributed by atoms with Gasteiger partial charge in [0.1, 0.15) is 18.3 Å². The van der Waals surface area contributed by atoms with Gasteiger partial charge in [0.15, 0.2) is 6.23 Å². The van der Waals surface area contributed by atoms with Gasteiger partial charge in [-0.05, 0) is 38.1 Å². The number of aliphatic hydroxyl groups excluding tert-OH is 1. The fourth-order valence-electron chi connectivity index (χ4n) is 3.67. The number of ether oxygens (including phenoxy) is 1. The van der Waals surface area contributed by atoms with Crippen LogP contribution in [0, 0.1) is 13.8 Å². The molecule has 1 aliphatic heterocycles. The highest BCUT2D eigenvalue weighted by Gasteiger charge is 2.49. The van der Waals surface area contributed by atoms with Crippen molar-refractivity contribution in [2.75, 3.05) is 6.61 Å². The number of rotatable bonds is 8. The van der Waals surface area contributed by atoms with E-state index >= 15 is 0 Å². The summed E-state index contributed by atoms with van der Waals surface area (Å²) in [6, 6.07) is 12.6. The van der Waals surface area contributed by atoms with Crippen molar-refractivity contribution in [3.05, 3.63) is 92.8 Å². The zero-order chi connectivity index (χ0) is 27.0. The van der Waals surface area contributed by atoms with E-state index in [1.165, 1.54) is 24.3 Å². The molecule has 1 fully saturated rings. The smallest absolute Gasteiger partial charge is 0.330 e. The molecule has 2 aromatic carbocycles. The Kier molecular flexibility index (Phi) is 7.50. The van der Waals surface area contributed by atoms with Gasteiger partial charge in [0.05, 0.1) is 16.4 Å². The summed E-state index contributed by atoms with van der Waals surface area (Å²) >= 11 is 0. The van der Waals surface area contributed by atoms with Crippen molar-refractivity contribution in [2.45, 2.75) is 48.2 Å². The normalized spacial score (nSPS) is 22.2. The van der Waals surface area contributed by atoms with Crippen molar-refractivity contribution in [1.29, 1.82) is 0 Å². The lowest BCUT2D eigenvalue weighted by Gasteiger charge is -2.20. The Balaban J connectivity index is 1.64. The van der Waals surface area contributed by atoms with Gasteiger partial charge in [-0.1, -0.05) is 35.4 Å². The summed E-state index contributed by atoms with van der Waals surface area (Å²) in [7, 11) is -8.73. The molecule has 3 aromatic rings. The van der Waals surface area contributed by atoms with E-state index in [0.29, 0.717) is 0 Å². The van der Waals surface area contributed by atoms with Gasteiger partial charge in [0.2, 0.25) is 0 Å². The molecule has 0 radical (unpaired) electrons. The van der Waals surface area contributed by atoms with E-state index in [4.69, 9.17) is 13.1 Å². The third-order valence-corrected chi connectivity index (χ3v) is 8.30. The molecule has 1 aromatic heterocycles. The highest BCUT2D eigenvalue weighted by atomic mass is 32.2. The van der Waals surface area contributed by atoms with E-state index in [-0.39, 0.29) is 9.79 Å². The maximum Gasteiger partial charge on any atom is 0.330 e. The van der Waals surface area contributed by atoms with Gasteiger partial charge in [-0.15, -0.1) is 0 Å². The van der Waals surface area contributed by atoms with E-state index in [9.17, 15) is 31.5 Å². The second-order valence-corrected chi connectivity index (χ2v) is 11.6. The van der Waals surface area contributed by atoms with Crippen molar-refractivity contribution in [3.63, 3.8) is 0 Å². The number of aryl methyl sites for hydroxylation is 2. The predicted octanol–water partition coefficient (Wildman–Crippen LogP) is 0.591. The highest BCUT2D eigenvalue weighted by Crippen LogP contribution is 2.33. The van der Waals surface area contributed by atoms with Gasteiger partial charge in [-0.2, -0.15) is 16.8 Å². The number of H-pyrrole nitrogens is 1. The van der Waals surface area contributed by atoms with E-state index in [1.54, 1.807) is 38.1 Å². The zero-order valence-electron chi connectivity index (χ0n) is 19.7. The van der Waals surface area contributed by atoms with E-state index in [1.807, 2.05) is 4.98 Å². The third-order valence-electron chi connectivity index (χ3n) is 5.68. The van der Waals surface area contributed by atoms with E-state index in [2.05, 4.69) is 0 Å². The summed E-state index contributed by atoms with van der Waals surface area (Å²) in [6.07, 6.45) is -5.34. The van der Waals surface area contributed by atoms with Crippen molar-refractivity contribution < 1.29 is 35.0 Å². The number of nitrogens with zero attached hydrogens (tertiary/aromatic N) is 1. The zero-order valence-corrected chi connectivity index (χ0v) is 21.3. The van der Waals surface area contributed by atoms with Crippen LogP contribution in [0.25, 0.3) is 0 Å². The molecule has 0 bridgehead atoms. The molecule has 0 unspecified atom stereocenters. The maximum atomic E-state index is 12.9. The standard InChI is InChI=1S/C23H24N2O10S2/c1-14-3-7-16(8-4-14)36(29,30)33-13-18-21(35-37(31,32)17-9-5-15(2)6-10-17)20(27)22(34-18)25-12-11-19(26)24-23(25)28/h3-12,18,20-22,27H,13H2,1-2H3,(H,24,26,28)/t18-,20+,21-,22-/m1/s1. The number of aromatic nitrogens is 2. The summed E-state index contributed by atoms with van der Waals surface area (Å²) in [5, 5.41) is 10.9. The van der Waals surface area contributed by atoms with Crippen LogP contribution < -0.4 is 11.2 Å². The first-order valence-electron chi connectivity index (χ1n) is 11.0. The molecule has 4 rings (SSSR count). The molecule has 0 spiro atoms. The number of nitrogens with one attached hydrogen (secondary N) is 1. The highest BCUT2D eigenvalue weighted by molar-refractivity contribution is 7.87. The minimum absolute atomic E-state index is 0.144. The molecule has 12 nitrogen and oxygen atoms in total. The number of aromatic amines is 1. The van der Waals surface area contributed by atoms with Gasteiger partial charge in [-0.3, -0.25) is 22.7 Å². The monoisotopic (exact) mass is 552 g/mol. The van der Waals surface area contributed by atoms with Crippen molar-refractivity contribution in [2.24, 2.45) is 0 Å². The largest absolute Gasteiger partial charge is 0.385 e. The molecule has 0 aliphatic carbocycles. The van der Waals surface area contributed by atoms with Crippen LogP contribution in [0.1, 0.15) is 17.4 Å². The Bertz CT molecular complexity index is 1590. The van der Waals surface area contributed by atoms with Crippen molar-refractivity contribution in [3.8, 4) is 0 Å². The van der Waals surface area contributed by atoms with Crippen molar-refractivity contribution in [1.82, 2.24) is 9.55 Å². The Labute approximate surface area is 212 Å². The molecule has 198 valence electrons. The van der Waals surface area contributed by atoms with Gasteiger partial charge < -0.3 is 9.84 Å². The third kappa shape index (κ3) is 5.89. The quantitative estimate of drug-likeness (QED) is 0.377. The molecule has 14 heteroatoms. The average Bonchev–Trinajstić information content (AvgIpc) is 3.13. The van der Waals surface area contributed by atoms with Crippen molar-refractivity contribution >= 4 is 20.2 Å². The number of hydrogen-bond acceptors (Lipinski definition) is 10. The Morgan fingerprint density at radius 3 is 1.97 bits per heavy atom. The summed E-state index contributed by atoms with van der Waals surface area (Å²) in [6.45, 7) is 2.80. The first-order valence-corrected chi connectivity index (χ1v) is 13.8. The fourth-order valence-corrected chi connectivity index (χ4v) is 5.70. The first-order chi connectivity index (χ1) is 17.4. The number of benzene rings is 2. The molecule has 1 aliphatic rings. The Hall–Kier alpha value is -3.14. The lowest BCUT2D eigenvalue weighted by molar-refractivity contribution is -0.0505. The molecule has 2 heterocycles. The topological polar surface area (TPSA) is 171 Å². The average molecular weight is 553 g/mol. The molecule has 4 atom stereocenters. The fraction of sp³-hybridized carbons (Fsp3) is 0.304. The molecule has 37 heavy (non-hydrogen) atoms. The summed E-state index contributed by atoms with van der Waals surface area (Å²) in [5.74, 6) is 0. The van der Waals surface area contributed by atoms with Gasteiger partial charge in [0, 0.05) is 12.3 Å². The van der Waals surface area contributed by atoms with Crippen LogP contribution in [-0.2, 0) is 33.3 Å². The molecule has 0 amide bonds. The van der Waals surface area contributed by atoms with Gasteiger partial charge in [0.25, 0.3) is 25.8 Å². The van der Waals surface area contributed by atoms with Crippen LogP contribution in [0.3, 0.4) is 0 Å². The van der Waals surface area contributed by atoms with Crippen LogP contribution in [-0.4, -0.2) is 56.4 Å². The van der Waals surface area contributed by atoms with Crippen LogP contribution >= 0.6 is 0 Å². The van der Waals surface area contributed by atoms with Crippen LogP contribution in [0.4, 0.5) is 0 Å². The second-order valence-electron chi connectivity index (χ2n) is 8.45. The number of aliphatic hydroxyl groups is 1. The molecular formula is C23H24N2O10S2. The SMILES string of the molecule is Cc1ccc(S(=O)(=O)OC[C@H]2O[C@@H](n3ccc(=O)[nH]c3=O)[C@@H](O)[C@@H]2OS(=O)(=O)c2ccc(C)cc2)cc1. The Morgan fingerprint density at radius 1 is 0.892 bits per heavy atom. The first kappa shape index (κ1) is 26.9. The summed E-state index contributed by atoms with van der Waals surface area (Å²) in [4.78, 5) is 25.4. The minimum Gasteiger partial charge on any atom is -0.385 e. The molecule has 2 N–H and O–H groups in total. The maximum absolute atomic E-state index is 12.9. The van der Waals surface area contributed by atoms with Crippen LogP contribution in [0.2, 0.25) is 0 Å². The molecule has 0 saturated carbocycles. The predicted molar refractivity (Wildman–Crippen MR) is 129 cm³/mol. The van der Waals surface area contributed by atoms with Gasteiger partial charge in [-0.25, -0.2) is 4.79 Å². The number of hydrogen-bond donors (Lipinski definition) is 2.